The summed E-state index contributed by atoms with van der Waals surface area (Å²) < 4.78 is 9.04. The molecule has 148 valence electrons. The highest BCUT2D eigenvalue weighted by atomic mass is 16.5. The van der Waals surface area contributed by atoms with E-state index in [0.29, 0.717) is 17.7 Å². The summed E-state index contributed by atoms with van der Waals surface area (Å²) in [5.41, 5.74) is 2.21. The smallest absolute Gasteiger partial charge is 0.324 e. The third kappa shape index (κ3) is 3.19. The van der Waals surface area contributed by atoms with E-state index in [1.807, 2.05) is 31.4 Å². The van der Waals surface area contributed by atoms with Gasteiger partial charge in [-0.25, -0.2) is 9.97 Å². The Balaban J connectivity index is 1.81. The maximum Gasteiger partial charge on any atom is 0.324 e. The molecule has 3 aromatic heterocycles. The van der Waals surface area contributed by atoms with Crippen LogP contribution in [0, 0.1) is 13.8 Å². The van der Waals surface area contributed by atoms with Gasteiger partial charge < -0.3 is 19.5 Å². The molecule has 0 saturated carbocycles. The molecule has 0 aromatic carbocycles. The normalized spacial score (nSPS) is 14.6. The predicted molar refractivity (Wildman–Crippen MR) is 105 cm³/mol. The Morgan fingerprint density at radius 1 is 1.11 bits per heavy atom. The summed E-state index contributed by atoms with van der Waals surface area (Å²) >= 11 is 0. The van der Waals surface area contributed by atoms with Gasteiger partial charge in [-0.1, -0.05) is 0 Å². The van der Waals surface area contributed by atoms with E-state index in [1.165, 1.54) is 4.57 Å². The molecule has 0 spiro atoms. The van der Waals surface area contributed by atoms with E-state index in [2.05, 4.69) is 30.2 Å². The van der Waals surface area contributed by atoms with Crippen LogP contribution in [0.15, 0.2) is 10.9 Å². The summed E-state index contributed by atoms with van der Waals surface area (Å²) in [6.45, 7) is 9.80. The van der Waals surface area contributed by atoms with Crippen LogP contribution >= 0.6 is 0 Å². The van der Waals surface area contributed by atoms with Gasteiger partial charge in [-0.2, -0.15) is 9.97 Å². The second-order valence-corrected chi connectivity index (χ2v) is 6.86. The molecule has 0 amide bonds. The van der Waals surface area contributed by atoms with Gasteiger partial charge in [0.1, 0.15) is 0 Å². The zero-order valence-electron chi connectivity index (χ0n) is 16.6. The molecular weight excluding hydrogens is 360 g/mol. The summed E-state index contributed by atoms with van der Waals surface area (Å²) in [5, 5.41) is 3.33. The van der Waals surface area contributed by atoms with Crippen molar-refractivity contribution in [2.24, 2.45) is 7.05 Å². The van der Waals surface area contributed by atoms with E-state index in [4.69, 9.17) is 4.74 Å². The van der Waals surface area contributed by atoms with Crippen molar-refractivity contribution in [2.45, 2.75) is 27.3 Å². The Morgan fingerprint density at radius 2 is 1.79 bits per heavy atom. The topological polar surface area (TPSA) is 103 Å². The number of hydrogen-bond acceptors (Lipinski definition) is 8. The van der Waals surface area contributed by atoms with E-state index in [1.54, 1.807) is 7.05 Å². The molecule has 28 heavy (non-hydrogen) atoms. The second-order valence-electron chi connectivity index (χ2n) is 6.86. The van der Waals surface area contributed by atoms with Gasteiger partial charge in [-0.05, 0) is 26.8 Å². The number of fused-ring (bicyclic) bond motifs is 1. The van der Waals surface area contributed by atoms with Gasteiger partial charge in [0.15, 0.2) is 11.2 Å². The summed E-state index contributed by atoms with van der Waals surface area (Å²) in [7, 11) is 1.63. The minimum atomic E-state index is -0.208. The molecular formula is C18H24N8O2. The molecule has 4 heterocycles. The molecule has 4 rings (SSSR count). The van der Waals surface area contributed by atoms with E-state index < -0.39 is 0 Å². The molecule has 0 atom stereocenters. The molecule has 1 N–H and O–H groups in total. The van der Waals surface area contributed by atoms with Crippen molar-refractivity contribution in [1.29, 1.82) is 0 Å². The highest BCUT2D eigenvalue weighted by Crippen LogP contribution is 2.22. The second kappa shape index (κ2) is 7.19. The SMILES string of the molecule is CCn1c(N2CCNCC2)nc2nc(Oc3nc(C)cc(C)n3)n(C)c(=O)c21. The zero-order chi connectivity index (χ0) is 19.8. The van der Waals surface area contributed by atoms with E-state index >= 15 is 0 Å². The van der Waals surface area contributed by atoms with Crippen LogP contribution in [0.2, 0.25) is 0 Å². The maximum absolute atomic E-state index is 13.1. The molecule has 1 aliphatic rings. The lowest BCUT2D eigenvalue weighted by molar-refractivity contribution is 0.383. The van der Waals surface area contributed by atoms with Crippen LogP contribution < -0.4 is 20.5 Å². The largest absolute Gasteiger partial charge is 0.390 e. The van der Waals surface area contributed by atoms with Gasteiger partial charge >= 0.3 is 12.0 Å². The number of rotatable bonds is 4. The van der Waals surface area contributed by atoms with Crippen LogP contribution in [0.4, 0.5) is 5.95 Å². The minimum Gasteiger partial charge on any atom is -0.390 e. The van der Waals surface area contributed by atoms with Crippen molar-refractivity contribution < 1.29 is 4.74 Å². The zero-order valence-corrected chi connectivity index (χ0v) is 16.6. The number of anilines is 1. The molecule has 1 aliphatic heterocycles. The average Bonchev–Trinajstić information content (AvgIpc) is 3.04. The molecule has 10 heteroatoms. The quantitative estimate of drug-likeness (QED) is 0.703. The standard InChI is InChI=1S/C18H24N8O2/c1-5-26-13-14(22-17(26)25-8-6-19-7-9-25)23-18(24(4)15(13)27)28-16-20-11(2)10-12(3)21-16/h10,19H,5-9H2,1-4H3. The monoisotopic (exact) mass is 384 g/mol. The van der Waals surface area contributed by atoms with Crippen LogP contribution in [0.3, 0.4) is 0 Å². The van der Waals surface area contributed by atoms with Crippen molar-refractivity contribution in [3.8, 4) is 12.0 Å². The van der Waals surface area contributed by atoms with Crippen LogP contribution in [-0.4, -0.2) is 55.2 Å². The van der Waals surface area contributed by atoms with Crippen LogP contribution in [0.25, 0.3) is 11.2 Å². The van der Waals surface area contributed by atoms with Crippen molar-refractivity contribution in [3.05, 3.63) is 27.8 Å². The van der Waals surface area contributed by atoms with E-state index in [-0.39, 0.29) is 17.6 Å². The van der Waals surface area contributed by atoms with Crippen LogP contribution in [0.5, 0.6) is 12.0 Å². The number of ether oxygens (including phenoxy) is 1. The molecule has 1 saturated heterocycles. The first-order valence-corrected chi connectivity index (χ1v) is 9.41. The molecule has 0 unspecified atom stereocenters. The van der Waals surface area contributed by atoms with Crippen molar-refractivity contribution in [2.75, 3.05) is 31.1 Å². The van der Waals surface area contributed by atoms with Crippen molar-refractivity contribution in [1.82, 2.24) is 34.4 Å². The van der Waals surface area contributed by atoms with Gasteiger partial charge in [0.25, 0.3) is 5.56 Å². The fourth-order valence-corrected chi connectivity index (χ4v) is 3.45. The first-order valence-electron chi connectivity index (χ1n) is 9.41. The Morgan fingerprint density at radius 3 is 2.43 bits per heavy atom. The minimum absolute atomic E-state index is 0.120. The lowest BCUT2D eigenvalue weighted by Gasteiger charge is -2.28. The summed E-state index contributed by atoms with van der Waals surface area (Å²) in [6, 6.07) is 2.14. The summed E-state index contributed by atoms with van der Waals surface area (Å²) in [4.78, 5) is 32.9. The Hall–Kier alpha value is -3.01. The summed E-state index contributed by atoms with van der Waals surface area (Å²) in [6.07, 6.45) is 0. The van der Waals surface area contributed by atoms with Crippen molar-refractivity contribution in [3.63, 3.8) is 0 Å². The fraction of sp³-hybridized carbons (Fsp3) is 0.500. The number of aryl methyl sites for hydroxylation is 3. The van der Waals surface area contributed by atoms with Crippen LogP contribution in [0.1, 0.15) is 18.3 Å². The number of piperazine rings is 1. The third-order valence-corrected chi connectivity index (χ3v) is 4.79. The summed E-state index contributed by atoms with van der Waals surface area (Å²) in [5.74, 6) is 0.767. The van der Waals surface area contributed by atoms with Gasteiger partial charge in [0.2, 0.25) is 5.95 Å². The van der Waals surface area contributed by atoms with Crippen LogP contribution in [-0.2, 0) is 13.6 Å². The molecule has 0 radical (unpaired) electrons. The van der Waals surface area contributed by atoms with Crippen molar-refractivity contribution >= 4 is 17.1 Å². The lowest BCUT2D eigenvalue weighted by atomic mass is 10.4. The maximum atomic E-state index is 13.1. The van der Waals surface area contributed by atoms with Gasteiger partial charge in [-0.3, -0.25) is 9.36 Å². The number of aromatic nitrogens is 6. The molecule has 1 fully saturated rings. The number of imidazole rings is 1. The Kier molecular flexibility index (Phi) is 4.71. The van der Waals surface area contributed by atoms with Gasteiger partial charge in [-0.15, -0.1) is 0 Å². The van der Waals surface area contributed by atoms with E-state index in [9.17, 15) is 4.79 Å². The highest BCUT2D eigenvalue weighted by Gasteiger charge is 2.23. The van der Waals surface area contributed by atoms with Gasteiger partial charge in [0.05, 0.1) is 0 Å². The van der Waals surface area contributed by atoms with E-state index in [0.717, 1.165) is 43.5 Å². The fourth-order valence-electron chi connectivity index (χ4n) is 3.45. The molecule has 3 aromatic rings. The Labute approximate surface area is 162 Å². The number of hydrogen-bond donors (Lipinski definition) is 1. The third-order valence-electron chi connectivity index (χ3n) is 4.79. The van der Waals surface area contributed by atoms with Gasteiger partial charge in [0, 0.05) is 51.2 Å². The lowest BCUT2D eigenvalue weighted by Crippen LogP contribution is -2.44. The number of nitrogens with one attached hydrogen (secondary N) is 1. The first kappa shape index (κ1) is 18.4. The molecule has 10 nitrogen and oxygen atoms in total. The molecule has 0 aliphatic carbocycles. The number of nitrogens with zero attached hydrogens (tertiary/aromatic N) is 7. The Bertz CT molecular complexity index is 1060. The highest BCUT2D eigenvalue weighted by molar-refractivity contribution is 5.74. The predicted octanol–water partition coefficient (Wildman–Crippen LogP) is 0.759. The molecule has 0 bridgehead atoms. The average molecular weight is 384 g/mol. The first-order chi connectivity index (χ1) is 13.5.